The summed E-state index contributed by atoms with van der Waals surface area (Å²) in [5.41, 5.74) is 1.64. The topological polar surface area (TPSA) is 64.8 Å². The van der Waals surface area contributed by atoms with Gasteiger partial charge in [0.25, 0.3) is 0 Å². The molecule has 0 amide bonds. The predicted octanol–water partition coefficient (Wildman–Crippen LogP) is 1.16. The molecule has 3 rings (SSSR count). The van der Waals surface area contributed by atoms with E-state index in [4.69, 9.17) is 0 Å². The van der Waals surface area contributed by atoms with Crippen molar-refractivity contribution in [1.29, 1.82) is 0 Å². The summed E-state index contributed by atoms with van der Waals surface area (Å²) in [6, 6.07) is 5.56. The zero-order valence-electron chi connectivity index (χ0n) is 8.17. The van der Waals surface area contributed by atoms with E-state index in [1.54, 1.807) is 4.68 Å². The number of fused-ring (bicyclic) bond motifs is 1. The van der Waals surface area contributed by atoms with Crippen LogP contribution in [-0.4, -0.2) is 34.9 Å². The maximum atomic E-state index is 11.1. The molecule has 2 heterocycles. The third kappa shape index (κ3) is 1.46. The van der Waals surface area contributed by atoms with E-state index in [-0.39, 0.29) is 17.5 Å². The molecule has 1 saturated heterocycles. The Labute approximate surface area is 100 Å². The normalized spacial score (nSPS) is 19.8. The smallest absolute Gasteiger partial charge is 0.154 e. The van der Waals surface area contributed by atoms with Crippen LogP contribution in [-0.2, 0) is 9.84 Å². The van der Waals surface area contributed by atoms with E-state index in [1.165, 1.54) is 0 Å². The number of hydrogen-bond donors (Lipinski definition) is 0. The van der Waals surface area contributed by atoms with Crippen LogP contribution in [0.1, 0.15) is 6.04 Å². The van der Waals surface area contributed by atoms with Gasteiger partial charge in [0.2, 0.25) is 0 Å². The maximum Gasteiger partial charge on any atom is 0.154 e. The molecule has 1 aliphatic rings. The number of hydrogen-bond acceptors (Lipinski definition) is 4. The van der Waals surface area contributed by atoms with Crippen LogP contribution >= 0.6 is 15.9 Å². The van der Waals surface area contributed by atoms with Crippen molar-refractivity contribution in [2.75, 3.05) is 11.5 Å². The van der Waals surface area contributed by atoms with Gasteiger partial charge in [0.15, 0.2) is 9.84 Å². The molecule has 5 nitrogen and oxygen atoms in total. The SMILES string of the molecule is O=S1(=O)CC(n2nnc3cccc(Br)c32)C1. The first-order chi connectivity index (χ1) is 7.57. The molecule has 1 aromatic carbocycles. The molecule has 7 heteroatoms. The van der Waals surface area contributed by atoms with E-state index in [0.29, 0.717) is 0 Å². The molecule has 0 unspecified atom stereocenters. The third-order valence-corrected chi connectivity index (χ3v) is 5.11. The highest BCUT2D eigenvalue weighted by Gasteiger charge is 2.36. The van der Waals surface area contributed by atoms with Crippen molar-refractivity contribution in [1.82, 2.24) is 15.0 Å². The molecule has 1 aliphatic heterocycles. The second-order valence-electron chi connectivity index (χ2n) is 3.87. The highest BCUT2D eigenvalue weighted by atomic mass is 79.9. The summed E-state index contributed by atoms with van der Waals surface area (Å²) in [6.07, 6.45) is 0. The van der Waals surface area contributed by atoms with Gasteiger partial charge in [0.05, 0.1) is 17.5 Å². The first-order valence-corrected chi connectivity index (χ1v) is 7.38. The first kappa shape index (κ1) is 10.2. The standard InChI is InChI=1S/C9H8BrN3O2S/c10-7-2-1-3-8-9(7)13(12-11-8)6-4-16(14,15)5-6/h1-3,6H,4-5H2. The molecule has 0 aliphatic carbocycles. The van der Waals surface area contributed by atoms with Crippen LogP contribution in [0.15, 0.2) is 22.7 Å². The Morgan fingerprint density at radius 2 is 2.12 bits per heavy atom. The molecular weight excluding hydrogens is 294 g/mol. The Morgan fingerprint density at radius 3 is 2.81 bits per heavy atom. The number of benzene rings is 1. The second kappa shape index (κ2) is 3.27. The lowest BCUT2D eigenvalue weighted by atomic mass is 10.3. The lowest BCUT2D eigenvalue weighted by Crippen LogP contribution is -2.38. The van der Waals surface area contributed by atoms with Crippen LogP contribution in [0.5, 0.6) is 0 Å². The number of aromatic nitrogens is 3. The molecule has 84 valence electrons. The number of halogens is 1. The zero-order chi connectivity index (χ0) is 11.3. The largest absolute Gasteiger partial charge is 0.238 e. The van der Waals surface area contributed by atoms with E-state index in [9.17, 15) is 8.42 Å². The Kier molecular flexibility index (Phi) is 2.09. The predicted molar refractivity (Wildman–Crippen MR) is 62.9 cm³/mol. The molecule has 1 aromatic heterocycles. The summed E-state index contributed by atoms with van der Waals surface area (Å²) in [5, 5.41) is 8.03. The van der Waals surface area contributed by atoms with Crippen molar-refractivity contribution in [3.05, 3.63) is 22.7 Å². The lowest BCUT2D eigenvalue weighted by Gasteiger charge is -2.25. The summed E-state index contributed by atoms with van der Waals surface area (Å²) in [6.45, 7) is 0. The van der Waals surface area contributed by atoms with Crippen LogP contribution < -0.4 is 0 Å². The van der Waals surface area contributed by atoms with Gasteiger partial charge in [-0.2, -0.15) is 0 Å². The molecule has 2 aromatic rings. The van der Waals surface area contributed by atoms with Gasteiger partial charge in [-0.3, -0.25) is 0 Å². The molecule has 1 fully saturated rings. The van der Waals surface area contributed by atoms with Crippen LogP contribution in [0.25, 0.3) is 11.0 Å². The lowest BCUT2D eigenvalue weighted by molar-refractivity contribution is 0.473. The van der Waals surface area contributed by atoms with E-state index < -0.39 is 9.84 Å². The van der Waals surface area contributed by atoms with Gasteiger partial charge in [0, 0.05) is 4.47 Å². The van der Waals surface area contributed by atoms with E-state index in [1.807, 2.05) is 18.2 Å². The fraction of sp³-hybridized carbons (Fsp3) is 0.333. The Morgan fingerprint density at radius 1 is 1.38 bits per heavy atom. The molecule has 0 atom stereocenters. The maximum absolute atomic E-state index is 11.1. The average molecular weight is 302 g/mol. The summed E-state index contributed by atoms with van der Waals surface area (Å²) in [4.78, 5) is 0. The number of nitrogens with zero attached hydrogens (tertiary/aromatic N) is 3. The minimum absolute atomic E-state index is 0.0753. The van der Waals surface area contributed by atoms with Crippen LogP contribution in [0.4, 0.5) is 0 Å². The number of para-hydroxylation sites is 1. The van der Waals surface area contributed by atoms with Gasteiger partial charge in [-0.15, -0.1) is 5.10 Å². The number of rotatable bonds is 1. The van der Waals surface area contributed by atoms with Gasteiger partial charge in [0.1, 0.15) is 11.0 Å². The van der Waals surface area contributed by atoms with Crippen molar-refractivity contribution in [3.8, 4) is 0 Å². The molecule has 0 radical (unpaired) electrons. The van der Waals surface area contributed by atoms with Crippen molar-refractivity contribution < 1.29 is 8.42 Å². The minimum atomic E-state index is -2.84. The number of sulfone groups is 1. The van der Waals surface area contributed by atoms with E-state index in [0.717, 1.165) is 15.5 Å². The van der Waals surface area contributed by atoms with E-state index in [2.05, 4.69) is 26.2 Å². The fourth-order valence-electron chi connectivity index (χ4n) is 1.89. The van der Waals surface area contributed by atoms with Gasteiger partial charge in [-0.1, -0.05) is 11.3 Å². The Bertz CT molecular complexity index is 652. The highest BCUT2D eigenvalue weighted by molar-refractivity contribution is 9.10. The first-order valence-electron chi connectivity index (χ1n) is 4.77. The van der Waals surface area contributed by atoms with Crippen LogP contribution in [0.2, 0.25) is 0 Å². The molecule has 16 heavy (non-hydrogen) atoms. The Balaban J connectivity index is 2.12. The summed E-state index contributed by atoms with van der Waals surface area (Å²) in [5.74, 6) is 0.319. The van der Waals surface area contributed by atoms with Crippen molar-refractivity contribution in [2.24, 2.45) is 0 Å². The summed E-state index contributed by atoms with van der Waals surface area (Å²) < 4.78 is 24.9. The van der Waals surface area contributed by atoms with Crippen molar-refractivity contribution in [2.45, 2.75) is 6.04 Å². The van der Waals surface area contributed by atoms with Gasteiger partial charge in [-0.05, 0) is 28.1 Å². The van der Waals surface area contributed by atoms with Crippen molar-refractivity contribution >= 4 is 36.8 Å². The minimum Gasteiger partial charge on any atom is -0.238 e. The van der Waals surface area contributed by atoms with E-state index >= 15 is 0 Å². The molecule has 0 bridgehead atoms. The van der Waals surface area contributed by atoms with Crippen LogP contribution in [0, 0.1) is 0 Å². The second-order valence-corrected chi connectivity index (χ2v) is 6.88. The van der Waals surface area contributed by atoms with Crippen LogP contribution in [0.3, 0.4) is 0 Å². The zero-order valence-corrected chi connectivity index (χ0v) is 10.6. The summed E-state index contributed by atoms with van der Waals surface area (Å²) >= 11 is 3.43. The molecule has 0 spiro atoms. The van der Waals surface area contributed by atoms with Gasteiger partial charge < -0.3 is 0 Å². The van der Waals surface area contributed by atoms with Gasteiger partial charge >= 0.3 is 0 Å². The van der Waals surface area contributed by atoms with Gasteiger partial charge in [-0.25, -0.2) is 13.1 Å². The Hall–Kier alpha value is -0.950. The third-order valence-electron chi connectivity index (χ3n) is 2.68. The fourth-order valence-corrected chi connectivity index (χ4v) is 3.78. The monoisotopic (exact) mass is 301 g/mol. The molecule has 0 saturated carbocycles. The molecular formula is C9H8BrN3O2S. The summed E-state index contributed by atoms with van der Waals surface area (Å²) in [7, 11) is -2.84. The van der Waals surface area contributed by atoms with Crippen molar-refractivity contribution in [3.63, 3.8) is 0 Å². The quantitative estimate of drug-likeness (QED) is 0.793. The molecule has 0 N–H and O–H groups in total. The average Bonchev–Trinajstić information content (AvgIpc) is 2.59. The highest BCUT2D eigenvalue weighted by Crippen LogP contribution is 2.29.